The molecule has 5 nitrogen and oxygen atoms in total. The Morgan fingerprint density at radius 3 is 2.83 bits per heavy atom. The number of benzene rings is 1. The van der Waals surface area contributed by atoms with E-state index in [-0.39, 0.29) is 10.9 Å². The summed E-state index contributed by atoms with van der Waals surface area (Å²) >= 11 is 3.52. The first kappa shape index (κ1) is 16.4. The van der Waals surface area contributed by atoms with Gasteiger partial charge in [-0.1, -0.05) is 28.1 Å². The van der Waals surface area contributed by atoms with Gasteiger partial charge in [-0.25, -0.2) is 13.4 Å². The van der Waals surface area contributed by atoms with Crippen molar-refractivity contribution in [3.05, 3.63) is 51.6 Å². The average molecular weight is 396 g/mol. The van der Waals surface area contributed by atoms with E-state index in [1.54, 1.807) is 13.0 Å². The number of rotatable bonds is 2. The van der Waals surface area contributed by atoms with E-state index >= 15 is 0 Å². The van der Waals surface area contributed by atoms with Gasteiger partial charge in [0, 0.05) is 23.3 Å². The van der Waals surface area contributed by atoms with E-state index in [4.69, 9.17) is 5.73 Å². The van der Waals surface area contributed by atoms with Crippen molar-refractivity contribution >= 4 is 31.8 Å². The van der Waals surface area contributed by atoms with Gasteiger partial charge in [-0.2, -0.15) is 4.31 Å². The number of pyridine rings is 1. The molecule has 1 aliphatic heterocycles. The number of sulfonamides is 1. The number of aryl methyl sites for hydroxylation is 1. The second-order valence-corrected chi connectivity index (χ2v) is 8.60. The van der Waals surface area contributed by atoms with Gasteiger partial charge in [-0.3, -0.25) is 0 Å². The number of fused-ring (bicyclic) bond motifs is 1. The van der Waals surface area contributed by atoms with E-state index < -0.39 is 10.0 Å². The van der Waals surface area contributed by atoms with Gasteiger partial charge in [0.2, 0.25) is 10.0 Å². The number of halogens is 1. The fourth-order valence-corrected chi connectivity index (χ4v) is 5.02. The Morgan fingerprint density at radius 2 is 2.13 bits per heavy atom. The summed E-state index contributed by atoms with van der Waals surface area (Å²) in [6.07, 6.45) is 2.02. The lowest BCUT2D eigenvalue weighted by molar-refractivity contribution is 0.308. The van der Waals surface area contributed by atoms with Gasteiger partial charge in [0.05, 0.1) is 0 Å². The van der Waals surface area contributed by atoms with Crippen molar-refractivity contribution in [3.63, 3.8) is 0 Å². The van der Waals surface area contributed by atoms with Crippen molar-refractivity contribution in [2.75, 3.05) is 5.73 Å². The van der Waals surface area contributed by atoms with Gasteiger partial charge in [0.1, 0.15) is 10.7 Å². The van der Waals surface area contributed by atoms with E-state index in [0.29, 0.717) is 24.3 Å². The topological polar surface area (TPSA) is 76.3 Å². The minimum atomic E-state index is -3.62. The quantitative estimate of drug-likeness (QED) is 0.847. The summed E-state index contributed by atoms with van der Waals surface area (Å²) < 4.78 is 28.5. The molecule has 1 atom stereocenters. The molecule has 0 fully saturated rings. The van der Waals surface area contributed by atoms with Crippen LogP contribution in [0, 0.1) is 6.92 Å². The lowest BCUT2D eigenvalue weighted by atomic mass is 9.97. The number of hydrogen-bond donors (Lipinski definition) is 1. The molecule has 0 spiro atoms. The van der Waals surface area contributed by atoms with Gasteiger partial charge in [0.25, 0.3) is 0 Å². The van der Waals surface area contributed by atoms with Crippen LogP contribution in [0.3, 0.4) is 0 Å². The van der Waals surface area contributed by atoms with Crippen LogP contribution < -0.4 is 5.73 Å². The molecule has 2 aromatic rings. The Morgan fingerprint density at radius 1 is 1.39 bits per heavy atom. The fraction of sp³-hybridized carbons (Fsp3) is 0.312. The Kier molecular flexibility index (Phi) is 4.20. The number of hydrogen-bond acceptors (Lipinski definition) is 4. The summed E-state index contributed by atoms with van der Waals surface area (Å²) in [6.45, 7) is 4.04. The predicted molar refractivity (Wildman–Crippen MR) is 93.4 cm³/mol. The van der Waals surface area contributed by atoms with Crippen molar-refractivity contribution in [1.29, 1.82) is 0 Å². The third kappa shape index (κ3) is 2.88. The van der Waals surface area contributed by atoms with Crippen molar-refractivity contribution in [1.82, 2.24) is 9.29 Å². The number of anilines is 1. The zero-order valence-corrected chi connectivity index (χ0v) is 15.4. The highest BCUT2D eigenvalue weighted by Gasteiger charge is 2.34. The van der Waals surface area contributed by atoms with E-state index in [1.165, 1.54) is 16.1 Å². The predicted octanol–water partition coefficient (Wildman–Crippen LogP) is 2.87. The molecule has 0 saturated carbocycles. The SMILES string of the molecule is Cc1cc(S(=O)(=O)N2Cc3c(Br)cccc3CC2C)cnc1N. The Bertz CT molecular complexity index is 868. The molecule has 1 aliphatic rings. The largest absolute Gasteiger partial charge is 0.383 e. The van der Waals surface area contributed by atoms with Gasteiger partial charge < -0.3 is 5.73 Å². The minimum Gasteiger partial charge on any atom is -0.383 e. The highest BCUT2D eigenvalue weighted by atomic mass is 79.9. The molecule has 1 aromatic heterocycles. The summed E-state index contributed by atoms with van der Waals surface area (Å²) in [7, 11) is -3.62. The molecule has 3 rings (SSSR count). The maximum atomic E-state index is 13.0. The first-order valence-electron chi connectivity index (χ1n) is 7.31. The fourth-order valence-electron chi connectivity index (χ4n) is 2.86. The second kappa shape index (κ2) is 5.89. The molecule has 0 amide bonds. The third-order valence-electron chi connectivity index (χ3n) is 4.24. The molecule has 0 bridgehead atoms. The maximum Gasteiger partial charge on any atom is 0.245 e. The Hall–Kier alpha value is -1.44. The molecular formula is C16H18BrN3O2S. The molecule has 0 saturated heterocycles. The summed E-state index contributed by atoms with van der Waals surface area (Å²) in [5.41, 5.74) is 8.57. The minimum absolute atomic E-state index is 0.111. The third-order valence-corrected chi connectivity index (χ3v) is 6.91. The summed E-state index contributed by atoms with van der Waals surface area (Å²) in [5.74, 6) is 0.351. The standard InChI is InChI=1S/C16H18BrN3O2S/c1-10-6-13(8-19-16(10)18)23(21,22)20-9-14-12(7-11(20)2)4-3-5-15(14)17/h3-6,8,11H,7,9H2,1-2H3,(H2,18,19). The van der Waals surface area contributed by atoms with E-state index in [0.717, 1.165) is 10.0 Å². The molecular weight excluding hydrogens is 378 g/mol. The van der Waals surface area contributed by atoms with E-state index in [2.05, 4.69) is 27.0 Å². The van der Waals surface area contributed by atoms with Crippen LogP contribution in [0.25, 0.3) is 0 Å². The number of nitrogen functional groups attached to an aromatic ring is 1. The van der Waals surface area contributed by atoms with Gasteiger partial charge in [0.15, 0.2) is 0 Å². The first-order valence-corrected chi connectivity index (χ1v) is 9.54. The van der Waals surface area contributed by atoms with E-state index in [9.17, 15) is 8.42 Å². The molecule has 23 heavy (non-hydrogen) atoms. The van der Waals surface area contributed by atoms with E-state index in [1.807, 2.05) is 19.1 Å². The van der Waals surface area contributed by atoms with Crippen LogP contribution in [0.15, 0.2) is 39.8 Å². The molecule has 7 heteroatoms. The van der Waals surface area contributed by atoms with Crippen LogP contribution >= 0.6 is 15.9 Å². The molecule has 122 valence electrons. The first-order chi connectivity index (χ1) is 10.8. The lowest BCUT2D eigenvalue weighted by Crippen LogP contribution is -2.42. The molecule has 1 aromatic carbocycles. The second-order valence-electron chi connectivity index (χ2n) is 5.85. The zero-order valence-electron chi connectivity index (χ0n) is 13.0. The summed E-state index contributed by atoms with van der Waals surface area (Å²) in [5, 5.41) is 0. The number of aromatic nitrogens is 1. The van der Waals surface area contributed by atoms with Crippen molar-refractivity contribution in [3.8, 4) is 0 Å². The van der Waals surface area contributed by atoms with Gasteiger partial charge in [-0.15, -0.1) is 0 Å². The lowest BCUT2D eigenvalue weighted by Gasteiger charge is -2.34. The van der Waals surface area contributed by atoms with Crippen molar-refractivity contribution < 1.29 is 8.42 Å². The van der Waals surface area contributed by atoms with Gasteiger partial charge >= 0.3 is 0 Å². The highest BCUT2D eigenvalue weighted by molar-refractivity contribution is 9.10. The van der Waals surface area contributed by atoms with Crippen LogP contribution in [0.5, 0.6) is 0 Å². The molecule has 0 aliphatic carbocycles. The molecule has 2 N–H and O–H groups in total. The van der Waals surface area contributed by atoms with Crippen LogP contribution in [-0.2, 0) is 23.0 Å². The van der Waals surface area contributed by atoms with Crippen LogP contribution in [-0.4, -0.2) is 23.7 Å². The highest BCUT2D eigenvalue weighted by Crippen LogP contribution is 2.33. The Labute approximate surface area is 144 Å². The van der Waals surface area contributed by atoms with Crippen molar-refractivity contribution in [2.45, 2.75) is 37.8 Å². The zero-order chi connectivity index (χ0) is 16.8. The van der Waals surface area contributed by atoms with Crippen LogP contribution in [0.4, 0.5) is 5.82 Å². The smallest absolute Gasteiger partial charge is 0.245 e. The number of nitrogens with zero attached hydrogens (tertiary/aromatic N) is 2. The van der Waals surface area contributed by atoms with Crippen LogP contribution in [0.1, 0.15) is 23.6 Å². The summed E-state index contributed by atoms with van der Waals surface area (Å²) in [4.78, 5) is 4.18. The molecule has 2 heterocycles. The molecule has 1 unspecified atom stereocenters. The van der Waals surface area contributed by atoms with Crippen LogP contribution in [0.2, 0.25) is 0 Å². The summed E-state index contributed by atoms with van der Waals surface area (Å²) in [6, 6.07) is 7.44. The number of nitrogens with two attached hydrogens (primary N) is 1. The normalized spacial score (nSPS) is 18.7. The Balaban J connectivity index is 2.03. The molecule has 0 radical (unpaired) electrons. The average Bonchev–Trinajstić information content (AvgIpc) is 2.49. The maximum absolute atomic E-state index is 13.0. The van der Waals surface area contributed by atoms with Crippen molar-refractivity contribution in [2.24, 2.45) is 0 Å². The monoisotopic (exact) mass is 395 g/mol. The van der Waals surface area contributed by atoms with Gasteiger partial charge in [-0.05, 0) is 49.1 Å².